The average Bonchev–Trinajstić information content (AvgIpc) is 3.42. The highest BCUT2D eigenvalue weighted by atomic mass is 16.6. The lowest BCUT2D eigenvalue weighted by molar-refractivity contribution is -0.131. The van der Waals surface area contributed by atoms with Crippen molar-refractivity contribution in [2.24, 2.45) is 5.92 Å². The molecule has 0 fully saturated rings. The van der Waals surface area contributed by atoms with E-state index in [1.165, 1.54) is 4.52 Å². The first-order valence-corrected chi connectivity index (χ1v) is 15.2. The molecule has 3 aromatic carbocycles. The van der Waals surface area contributed by atoms with Crippen LogP contribution in [-0.2, 0) is 16.1 Å². The highest BCUT2D eigenvalue weighted by Gasteiger charge is 2.29. The predicted octanol–water partition coefficient (Wildman–Crippen LogP) is 6.20. The van der Waals surface area contributed by atoms with E-state index in [0.29, 0.717) is 33.9 Å². The lowest BCUT2D eigenvalue weighted by atomic mass is 10.0. The van der Waals surface area contributed by atoms with Gasteiger partial charge in [0.05, 0.1) is 24.8 Å². The van der Waals surface area contributed by atoms with Gasteiger partial charge in [-0.25, -0.2) is 4.79 Å². The van der Waals surface area contributed by atoms with E-state index in [1.54, 1.807) is 45.2 Å². The molecule has 10 heteroatoms. The maximum Gasteiger partial charge on any atom is 0.408 e. The van der Waals surface area contributed by atoms with Crippen molar-refractivity contribution in [1.29, 1.82) is 0 Å². The van der Waals surface area contributed by atoms with Gasteiger partial charge in [-0.1, -0.05) is 86.6 Å². The topological polar surface area (TPSA) is 127 Å². The molecule has 238 valence electrons. The van der Waals surface area contributed by atoms with E-state index in [2.05, 4.69) is 15.6 Å². The third kappa shape index (κ3) is 6.96. The Bertz CT molecular complexity index is 1890. The van der Waals surface area contributed by atoms with Crippen LogP contribution in [0.3, 0.4) is 0 Å². The number of hydrogen-bond acceptors (Lipinski definition) is 6. The molecule has 0 radical (unpaired) electrons. The molecule has 46 heavy (non-hydrogen) atoms. The fourth-order valence-electron chi connectivity index (χ4n) is 5.20. The van der Waals surface area contributed by atoms with Gasteiger partial charge in [-0.05, 0) is 49.9 Å². The summed E-state index contributed by atoms with van der Waals surface area (Å²) in [7, 11) is 1.57. The number of fused-ring (bicyclic) bond motifs is 1. The number of carbonyl (C=O) groups is 2. The van der Waals surface area contributed by atoms with Crippen LogP contribution >= 0.6 is 0 Å². The highest BCUT2D eigenvalue weighted by molar-refractivity contribution is 5.91. The van der Waals surface area contributed by atoms with Gasteiger partial charge >= 0.3 is 6.09 Å². The summed E-state index contributed by atoms with van der Waals surface area (Å²) in [6, 6.07) is 26.5. The summed E-state index contributed by atoms with van der Waals surface area (Å²) in [6.45, 7) is 9.04. The minimum atomic E-state index is -1.05. The second-order valence-electron chi connectivity index (χ2n) is 12.4. The number of methoxy groups -OCH3 is 1. The summed E-state index contributed by atoms with van der Waals surface area (Å²) in [6.07, 6.45) is -1.74. The second-order valence-corrected chi connectivity index (χ2v) is 12.4. The van der Waals surface area contributed by atoms with Crippen molar-refractivity contribution in [2.75, 3.05) is 7.11 Å². The van der Waals surface area contributed by atoms with E-state index in [9.17, 15) is 14.4 Å². The summed E-state index contributed by atoms with van der Waals surface area (Å²) in [5, 5.41) is 10.5. The van der Waals surface area contributed by atoms with E-state index >= 15 is 0 Å². The molecular formula is C36H39N5O5. The second kappa shape index (κ2) is 13.3. The van der Waals surface area contributed by atoms with Gasteiger partial charge in [0, 0.05) is 16.8 Å². The standard InChI is InChI=1S/C36H39N5O5/c1-22(2)31(46-35(44)39-36(3,4)5)33(42)37-21-27-28(24-17-19-26(45-6)20-18-24)34(43)41-32(38-27)29(23-13-9-7-10-14-23)30(40-41)25-15-11-8-12-16-25/h7-20,22,31,38H,21H2,1-6H3,(H,37,42)(H,39,44)/t31-/m0/s1. The zero-order valence-corrected chi connectivity index (χ0v) is 26.9. The third-order valence-electron chi connectivity index (χ3n) is 7.37. The molecule has 5 rings (SSSR count). The molecule has 0 bridgehead atoms. The van der Waals surface area contributed by atoms with Crippen molar-refractivity contribution in [2.45, 2.75) is 52.8 Å². The molecule has 2 aromatic heterocycles. The number of alkyl carbamates (subject to hydrolysis) is 1. The van der Waals surface area contributed by atoms with E-state index in [-0.39, 0.29) is 18.0 Å². The lowest BCUT2D eigenvalue weighted by Gasteiger charge is -2.25. The van der Waals surface area contributed by atoms with Crippen LogP contribution < -0.4 is 20.9 Å². The number of rotatable bonds is 9. The summed E-state index contributed by atoms with van der Waals surface area (Å²) >= 11 is 0. The van der Waals surface area contributed by atoms with Crippen LogP contribution in [0, 0.1) is 5.92 Å². The number of ether oxygens (including phenoxy) is 2. The number of amides is 2. The number of H-pyrrole nitrogens is 1. The summed E-state index contributed by atoms with van der Waals surface area (Å²) in [4.78, 5) is 43.8. The summed E-state index contributed by atoms with van der Waals surface area (Å²) < 4.78 is 12.3. The molecule has 0 aliphatic heterocycles. The van der Waals surface area contributed by atoms with Crippen molar-refractivity contribution in [1.82, 2.24) is 25.2 Å². The zero-order chi connectivity index (χ0) is 33.0. The minimum Gasteiger partial charge on any atom is -0.497 e. The van der Waals surface area contributed by atoms with E-state index < -0.39 is 23.6 Å². The molecule has 0 aliphatic carbocycles. The Labute approximate surface area is 267 Å². The Kier molecular flexibility index (Phi) is 9.27. The fraction of sp³-hybridized carbons (Fsp3) is 0.278. The summed E-state index contributed by atoms with van der Waals surface area (Å²) in [5.74, 6) is -0.151. The van der Waals surface area contributed by atoms with Crippen LogP contribution in [0.4, 0.5) is 4.79 Å². The molecule has 10 nitrogen and oxygen atoms in total. The molecule has 0 spiro atoms. The molecule has 0 aliphatic rings. The fourth-order valence-corrected chi connectivity index (χ4v) is 5.20. The van der Waals surface area contributed by atoms with Crippen LogP contribution in [0.1, 0.15) is 40.3 Å². The number of carbonyl (C=O) groups excluding carboxylic acids is 2. The van der Waals surface area contributed by atoms with Gasteiger partial charge in [0.15, 0.2) is 6.10 Å². The molecule has 1 atom stereocenters. The Morgan fingerprint density at radius 1 is 0.870 bits per heavy atom. The first-order valence-electron chi connectivity index (χ1n) is 15.2. The van der Waals surface area contributed by atoms with Crippen LogP contribution in [0.5, 0.6) is 5.75 Å². The Morgan fingerprint density at radius 3 is 2.02 bits per heavy atom. The number of aromatic nitrogens is 3. The third-order valence-corrected chi connectivity index (χ3v) is 7.37. The molecular weight excluding hydrogens is 582 g/mol. The van der Waals surface area contributed by atoms with Gasteiger partial charge in [-0.15, -0.1) is 0 Å². The lowest BCUT2D eigenvalue weighted by Crippen LogP contribution is -2.47. The van der Waals surface area contributed by atoms with Gasteiger partial charge in [0.25, 0.3) is 11.5 Å². The van der Waals surface area contributed by atoms with Gasteiger partial charge in [0.2, 0.25) is 0 Å². The van der Waals surface area contributed by atoms with Crippen molar-refractivity contribution in [3.63, 3.8) is 0 Å². The number of aromatic amines is 1. The van der Waals surface area contributed by atoms with Gasteiger partial charge < -0.3 is 25.1 Å². The molecule has 5 aromatic rings. The predicted molar refractivity (Wildman–Crippen MR) is 179 cm³/mol. The average molecular weight is 622 g/mol. The van der Waals surface area contributed by atoms with E-state index in [4.69, 9.17) is 14.6 Å². The molecule has 0 saturated heterocycles. The first kappa shape index (κ1) is 32.0. The van der Waals surface area contributed by atoms with Crippen LogP contribution in [0.2, 0.25) is 0 Å². The monoisotopic (exact) mass is 621 g/mol. The SMILES string of the molecule is COc1ccc(-c2c(CNC(=O)[C@@H](OC(=O)NC(C)(C)C)C(C)C)[nH]c3c(-c4ccccc4)c(-c4ccccc4)nn3c2=O)cc1. The molecule has 2 amide bonds. The number of nitrogens with zero attached hydrogens (tertiary/aromatic N) is 2. The first-order chi connectivity index (χ1) is 22.0. The number of hydrogen-bond donors (Lipinski definition) is 3. The van der Waals surface area contributed by atoms with Gasteiger partial charge in [0.1, 0.15) is 17.1 Å². The van der Waals surface area contributed by atoms with Crippen molar-refractivity contribution < 1.29 is 19.1 Å². The maximum absolute atomic E-state index is 14.4. The zero-order valence-electron chi connectivity index (χ0n) is 26.9. The Balaban J connectivity index is 1.63. The quantitative estimate of drug-likeness (QED) is 0.180. The highest BCUT2D eigenvalue weighted by Crippen LogP contribution is 2.35. The normalized spacial score (nSPS) is 12.2. The Hall–Kier alpha value is -5.38. The van der Waals surface area contributed by atoms with E-state index in [0.717, 1.165) is 16.7 Å². The molecule has 3 N–H and O–H groups in total. The Morgan fingerprint density at radius 2 is 1.46 bits per heavy atom. The maximum atomic E-state index is 14.4. The van der Waals surface area contributed by atoms with E-state index in [1.807, 2.05) is 81.4 Å². The van der Waals surface area contributed by atoms with Crippen molar-refractivity contribution in [3.05, 3.63) is 101 Å². The number of nitrogens with one attached hydrogen (secondary N) is 3. The molecule has 2 heterocycles. The van der Waals surface area contributed by atoms with Gasteiger partial charge in [-0.2, -0.15) is 9.61 Å². The number of benzene rings is 3. The minimum absolute atomic E-state index is 0.0422. The van der Waals surface area contributed by atoms with Crippen molar-refractivity contribution in [3.8, 4) is 39.3 Å². The molecule has 0 saturated carbocycles. The van der Waals surface area contributed by atoms with Crippen LogP contribution in [0.25, 0.3) is 39.2 Å². The van der Waals surface area contributed by atoms with Crippen LogP contribution in [0.15, 0.2) is 89.7 Å². The van der Waals surface area contributed by atoms with Crippen molar-refractivity contribution >= 4 is 17.6 Å². The molecule has 0 unspecified atom stereocenters. The van der Waals surface area contributed by atoms with Gasteiger partial charge in [-0.3, -0.25) is 9.59 Å². The summed E-state index contributed by atoms with van der Waals surface area (Å²) in [5.41, 5.74) is 4.13. The van der Waals surface area contributed by atoms with Crippen LogP contribution in [-0.4, -0.2) is 45.4 Å². The largest absolute Gasteiger partial charge is 0.497 e. The smallest absolute Gasteiger partial charge is 0.408 e.